The van der Waals surface area contributed by atoms with Crippen molar-refractivity contribution in [2.24, 2.45) is 0 Å². The molecule has 0 spiro atoms. The lowest BCUT2D eigenvalue weighted by atomic mass is 9.78. The summed E-state index contributed by atoms with van der Waals surface area (Å²) in [6.07, 6.45) is 2.05. The SMILES string of the molecule is CCOC(=O)Cc1csc(CC(=O)N2CCC(c3nc(-c4cc(C(C)(C)C)c(OC)c(C(C)(C)C)c4)c(Cl)s3)CC2)n1. The van der Waals surface area contributed by atoms with E-state index in [0.29, 0.717) is 29.7 Å². The van der Waals surface area contributed by atoms with Crippen molar-refractivity contribution in [3.8, 4) is 17.0 Å². The summed E-state index contributed by atoms with van der Waals surface area (Å²) in [6.45, 7) is 16.6. The molecule has 42 heavy (non-hydrogen) atoms. The number of aromatic nitrogens is 2. The fraction of sp³-hybridized carbons (Fsp3) is 0.562. The van der Waals surface area contributed by atoms with E-state index in [1.165, 1.54) is 11.3 Å². The van der Waals surface area contributed by atoms with E-state index in [1.807, 2.05) is 10.3 Å². The molecule has 1 aliphatic rings. The van der Waals surface area contributed by atoms with Crippen LogP contribution in [0.25, 0.3) is 11.3 Å². The van der Waals surface area contributed by atoms with Gasteiger partial charge >= 0.3 is 5.97 Å². The Balaban J connectivity index is 1.46. The van der Waals surface area contributed by atoms with E-state index in [4.69, 9.17) is 26.1 Å². The Hall–Kier alpha value is -2.49. The Labute approximate surface area is 262 Å². The van der Waals surface area contributed by atoms with Crippen LogP contribution in [0.5, 0.6) is 5.75 Å². The van der Waals surface area contributed by atoms with Gasteiger partial charge in [0, 0.05) is 41.1 Å². The normalized spacial score (nSPS) is 14.7. The smallest absolute Gasteiger partial charge is 0.311 e. The molecule has 2 aromatic heterocycles. The molecule has 228 valence electrons. The van der Waals surface area contributed by atoms with Gasteiger partial charge in [0.25, 0.3) is 0 Å². The van der Waals surface area contributed by atoms with Gasteiger partial charge in [0.05, 0.1) is 37.3 Å². The quantitative estimate of drug-likeness (QED) is 0.238. The molecule has 1 aromatic carbocycles. The number of methoxy groups -OCH3 is 1. The molecular formula is C32H42ClN3O4S2. The lowest BCUT2D eigenvalue weighted by molar-refractivity contribution is -0.142. The Bertz CT molecular complexity index is 1390. The predicted octanol–water partition coefficient (Wildman–Crippen LogP) is 7.58. The molecule has 1 fully saturated rings. The third kappa shape index (κ3) is 7.53. The summed E-state index contributed by atoms with van der Waals surface area (Å²) in [4.78, 5) is 36.2. The Kier molecular flexibility index (Phi) is 10.1. The van der Waals surface area contributed by atoms with E-state index in [9.17, 15) is 9.59 Å². The van der Waals surface area contributed by atoms with E-state index in [2.05, 4.69) is 58.7 Å². The van der Waals surface area contributed by atoms with Crippen LogP contribution in [0.15, 0.2) is 17.5 Å². The fourth-order valence-electron chi connectivity index (χ4n) is 5.26. The number of nitrogens with zero attached hydrogens (tertiary/aromatic N) is 3. The van der Waals surface area contributed by atoms with E-state index in [-0.39, 0.29) is 41.5 Å². The third-order valence-electron chi connectivity index (χ3n) is 7.51. The van der Waals surface area contributed by atoms with Gasteiger partial charge in [0.1, 0.15) is 20.8 Å². The predicted molar refractivity (Wildman–Crippen MR) is 171 cm³/mol. The maximum Gasteiger partial charge on any atom is 0.311 e. The monoisotopic (exact) mass is 631 g/mol. The number of hydrogen-bond donors (Lipinski definition) is 0. The molecule has 1 aliphatic heterocycles. The number of thiazole rings is 2. The molecule has 0 radical (unpaired) electrons. The van der Waals surface area contributed by atoms with Gasteiger partial charge in [0.15, 0.2) is 0 Å². The summed E-state index contributed by atoms with van der Waals surface area (Å²) in [7, 11) is 1.74. The molecule has 7 nitrogen and oxygen atoms in total. The van der Waals surface area contributed by atoms with Gasteiger partial charge in [-0.3, -0.25) is 9.59 Å². The molecule has 4 rings (SSSR count). The molecule has 0 aliphatic carbocycles. The second kappa shape index (κ2) is 13.0. The van der Waals surface area contributed by atoms with Gasteiger partial charge in [0.2, 0.25) is 5.91 Å². The summed E-state index contributed by atoms with van der Waals surface area (Å²) in [5, 5.41) is 3.57. The highest BCUT2D eigenvalue weighted by Gasteiger charge is 2.31. The third-order valence-corrected chi connectivity index (χ3v) is 9.83. The maximum absolute atomic E-state index is 13.0. The van der Waals surface area contributed by atoms with Gasteiger partial charge in [-0.1, -0.05) is 53.1 Å². The van der Waals surface area contributed by atoms with Gasteiger partial charge < -0.3 is 14.4 Å². The number of rotatable bonds is 8. The van der Waals surface area contributed by atoms with Crippen molar-refractivity contribution in [3.05, 3.63) is 48.7 Å². The Morgan fingerprint density at radius 3 is 2.19 bits per heavy atom. The topological polar surface area (TPSA) is 81.6 Å². The summed E-state index contributed by atoms with van der Waals surface area (Å²) in [5.74, 6) is 0.939. The molecule has 0 unspecified atom stereocenters. The first-order valence-electron chi connectivity index (χ1n) is 14.5. The Morgan fingerprint density at radius 1 is 1.02 bits per heavy atom. The zero-order valence-electron chi connectivity index (χ0n) is 25.9. The largest absolute Gasteiger partial charge is 0.496 e. The van der Waals surface area contributed by atoms with Crippen molar-refractivity contribution in [1.82, 2.24) is 14.9 Å². The van der Waals surface area contributed by atoms with Crippen molar-refractivity contribution < 1.29 is 19.1 Å². The second-order valence-electron chi connectivity index (χ2n) is 12.8. The van der Waals surface area contributed by atoms with Crippen molar-refractivity contribution in [2.75, 3.05) is 26.8 Å². The average Bonchev–Trinajstić information content (AvgIpc) is 3.52. The minimum Gasteiger partial charge on any atom is -0.496 e. The van der Waals surface area contributed by atoms with E-state index in [1.54, 1.807) is 25.4 Å². The first kappa shape index (κ1) is 32.4. The summed E-state index contributed by atoms with van der Waals surface area (Å²) < 4.78 is 11.6. The molecule has 0 N–H and O–H groups in total. The number of benzene rings is 1. The number of ether oxygens (including phenoxy) is 2. The highest BCUT2D eigenvalue weighted by molar-refractivity contribution is 7.16. The van der Waals surface area contributed by atoms with Crippen LogP contribution in [0, 0.1) is 0 Å². The minimum atomic E-state index is -0.301. The van der Waals surface area contributed by atoms with Crippen LogP contribution in [-0.2, 0) is 38.0 Å². The van der Waals surface area contributed by atoms with Crippen LogP contribution in [0.3, 0.4) is 0 Å². The molecule has 3 heterocycles. The molecule has 1 amide bonds. The van der Waals surface area contributed by atoms with E-state index in [0.717, 1.165) is 51.0 Å². The van der Waals surface area contributed by atoms with Crippen LogP contribution in [-0.4, -0.2) is 53.6 Å². The molecule has 0 bridgehead atoms. The number of halogens is 1. The number of esters is 1. The molecule has 3 aromatic rings. The van der Waals surface area contributed by atoms with Crippen LogP contribution < -0.4 is 4.74 Å². The van der Waals surface area contributed by atoms with Crippen molar-refractivity contribution in [2.45, 2.75) is 90.9 Å². The highest BCUT2D eigenvalue weighted by Crippen LogP contribution is 2.45. The van der Waals surface area contributed by atoms with Gasteiger partial charge in [-0.25, -0.2) is 9.97 Å². The zero-order valence-corrected chi connectivity index (χ0v) is 28.3. The Morgan fingerprint density at radius 2 is 1.64 bits per heavy atom. The minimum absolute atomic E-state index is 0.0611. The molecule has 10 heteroatoms. The number of carbonyl (C=O) groups excluding carboxylic acids is 2. The molecule has 0 atom stereocenters. The summed E-state index contributed by atoms with van der Waals surface area (Å²) in [6, 6.07) is 4.35. The number of piperidine rings is 1. The number of likely N-dealkylation sites (tertiary alicyclic amines) is 1. The lowest BCUT2D eigenvalue weighted by Gasteiger charge is -2.31. The second-order valence-corrected chi connectivity index (χ2v) is 15.4. The zero-order chi connectivity index (χ0) is 30.8. The van der Waals surface area contributed by atoms with E-state index < -0.39 is 0 Å². The summed E-state index contributed by atoms with van der Waals surface area (Å²) in [5.41, 5.74) is 4.52. The van der Waals surface area contributed by atoms with Crippen LogP contribution in [0.2, 0.25) is 4.34 Å². The molecule has 0 saturated carbocycles. The maximum atomic E-state index is 13.0. The lowest BCUT2D eigenvalue weighted by Crippen LogP contribution is -2.38. The van der Waals surface area contributed by atoms with E-state index >= 15 is 0 Å². The van der Waals surface area contributed by atoms with Crippen LogP contribution in [0.4, 0.5) is 0 Å². The van der Waals surface area contributed by atoms with Gasteiger partial charge in [-0.15, -0.1) is 22.7 Å². The van der Waals surface area contributed by atoms with Crippen LogP contribution in [0.1, 0.15) is 94.1 Å². The van der Waals surface area contributed by atoms with Crippen molar-refractivity contribution >= 4 is 46.2 Å². The average molecular weight is 632 g/mol. The van der Waals surface area contributed by atoms with Gasteiger partial charge in [-0.2, -0.15) is 0 Å². The van der Waals surface area contributed by atoms with Crippen molar-refractivity contribution in [3.63, 3.8) is 0 Å². The van der Waals surface area contributed by atoms with Crippen molar-refractivity contribution in [1.29, 1.82) is 0 Å². The fourth-order valence-corrected chi connectivity index (χ4v) is 7.41. The summed E-state index contributed by atoms with van der Waals surface area (Å²) >= 11 is 9.81. The standard InChI is InChI=1S/C32H42ClN3O4S2/c1-9-40-26(38)16-21-18-41-24(34-21)17-25(37)36-12-10-19(11-13-36)30-35-27(29(33)42-30)20-14-22(31(2,3)4)28(39-8)23(15-20)32(5,6)7/h14-15,18-19H,9-13,16-17H2,1-8H3. The number of carbonyl (C=O) groups is 2. The first-order valence-corrected chi connectivity index (χ1v) is 16.5. The van der Waals surface area contributed by atoms with Crippen LogP contribution >= 0.6 is 34.3 Å². The molecular weight excluding hydrogens is 590 g/mol. The highest BCUT2D eigenvalue weighted by atomic mass is 35.5. The molecule has 1 saturated heterocycles. The first-order chi connectivity index (χ1) is 19.7. The number of hydrogen-bond acceptors (Lipinski definition) is 8. The number of amides is 1. The van der Waals surface area contributed by atoms with Gasteiger partial charge in [-0.05, 0) is 42.7 Å².